The minimum atomic E-state index is -3.04. The molecule has 0 saturated carbocycles. The molecule has 1 aromatic heterocycles. The largest absolute Gasteiger partial charge is 0.392 e. The Morgan fingerprint density at radius 1 is 1.40 bits per heavy atom. The lowest BCUT2D eigenvalue weighted by Crippen LogP contribution is -2.58. The van der Waals surface area contributed by atoms with Gasteiger partial charge in [-0.2, -0.15) is 0 Å². The molecular formula is C16H27Cl2N3O3S. The summed E-state index contributed by atoms with van der Waals surface area (Å²) in [6.45, 7) is 3.44. The molecule has 2 atom stereocenters. The van der Waals surface area contributed by atoms with Gasteiger partial charge in [0.05, 0.1) is 11.9 Å². The predicted octanol–water partition coefficient (Wildman–Crippen LogP) is 1.41. The zero-order valence-corrected chi connectivity index (χ0v) is 16.8. The Morgan fingerprint density at radius 2 is 2.16 bits per heavy atom. The van der Waals surface area contributed by atoms with E-state index in [0.29, 0.717) is 5.56 Å². The molecule has 9 heteroatoms. The number of hydrogen-bond donors (Lipinski definition) is 2. The lowest BCUT2D eigenvalue weighted by atomic mass is 9.72. The van der Waals surface area contributed by atoms with E-state index in [4.69, 9.17) is 0 Å². The maximum absolute atomic E-state index is 11.4. The first-order valence-electron chi connectivity index (χ1n) is 8.14. The third-order valence-electron chi connectivity index (χ3n) is 4.95. The van der Waals surface area contributed by atoms with Crippen LogP contribution in [0.3, 0.4) is 0 Å². The number of pyridine rings is 1. The fraction of sp³-hybridized carbons (Fsp3) is 0.688. The van der Waals surface area contributed by atoms with E-state index in [9.17, 15) is 13.5 Å². The second kappa shape index (κ2) is 8.86. The van der Waals surface area contributed by atoms with Gasteiger partial charge in [0.15, 0.2) is 9.84 Å². The van der Waals surface area contributed by atoms with Gasteiger partial charge in [-0.3, -0.25) is 0 Å². The highest BCUT2D eigenvalue weighted by molar-refractivity contribution is 7.89. The van der Waals surface area contributed by atoms with Gasteiger partial charge < -0.3 is 15.3 Å². The van der Waals surface area contributed by atoms with Crippen LogP contribution in [0.5, 0.6) is 0 Å². The molecule has 25 heavy (non-hydrogen) atoms. The number of hydrogen-bond acceptors (Lipinski definition) is 6. The molecule has 0 aromatic carbocycles. The number of nitrogens with zero attached hydrogens (tertiary/aromatic N) is 2. The van der Waals surface area contributed by atoms with E-state index in [1.165, 1.54) is 6.26 Å². The van der Waals surface area contributed by atoms with Crippen molar-refractivity contribution in [2.45, 2.75) is 31.1 Å². The van der Waals surface area contributed by atoms with E-state index < -0.39 is 9.84 Å². The van der Waals surface area contributed by atoms with Gasteiger partial charge in [0.25, 0.3) is 0 Å². The number of nitrogens with one attached hydrogen (secondary N) is 1. The summed E-state index contributed by atoms with van der Waals surface area (Å²) in [5.74, 6) is 0.881. The van der Waals surface area contributed by atoms with Crippen molar-refractivity contribution in [3.63, 3.8) is 0 Å². The molecule has 144 valence electrons. The highest BCUT2D eigenvalue weighted by atomic mass is 35.5. The van der Waals surface area contributed by atoms with Crippen LogP contribution in [-0.4, -0.2) is 57.0 Å². The van der Waals surface area contributed by atoms with Crippen LogP contribution >= 0.6 is 24.8 Å². The highest BCUT2D eigenvalue weighted by Crippen LogP contribution is 2.37. The average molecular weight is 412 g/mol. The summed E-state index contributed by atoms with van der Waals surface area (Å²) >= 11 is 0. The number of sulfone groups is 1. The van der Waals surface area contributed by atoms with Crippen LogP contribution in [0.2, 0.25) is 0 Å². The van der Waals surface area contributed by atoms with Gasteiger partial charge in [0.1, 0.15) is 5.82 Å². The molecule has 0 radical (unpaired) electrons. The Kier molecular flexibility index (Phi) is 7.95. The number of piperidine rings is 2. The number of aromatic nitrogens is 1. The van der Waals surface area contributed by atoms with Gasteiger partial charge in [-0.25, -0.2) is 13.4 Å². The van der Waals surface area contributed by atoms with Crippen LogP contribution in [0.4, 0.5) is 5.82 Å². The number of anilines is 1. The zero-order chi connectivity index (χ0) is 16.5. The van der Waals surface area contributed by atoms with Crippen molar-refractivity contribution in [3.05, 3.63) is 23.9 Å². The van der Waals surface area contributed by atoms with Gasteiger partial charge in [0, 0.05) is 37.5 Å². The van der Waals surface area contributed by atoms with Crippen LogP contribution < -0.4 is 10.2 Å². The number of aliphatic hydroxyl groups is 1. The summed E-state index contributed by atoms with van der Waals surface area (Å²) in [6.07, 6.45) is 5.47. The van der Waals surface area contributed by atoms with Gasteiger partial charge in [-0.05, 0) is 37.4 Å². The highest BCUT2D eigenvalue weighted by Gasteiger charge is 2.43. The second-order valence-electron chi connectivity index (χ2n) is 6.96. The Labute approximate surface area is 162 Å². The quantitative estimate of drug-likeness (QED) is 0.782. The maximum atomic E-state index is 11.4. The monoisotopic (exact) mass is 411 g/mol. The third-order valence-corrected chi connectivity index (χ3v) is 5.81. The van der Waals surface area contributed by atoms with Gasteiger partial charge in [-0.1, -0.05) is 6.07 Å². The molecule has 0 bridgehead atoms. The van der Waals surface area contributed by atoms with E-state index in [2.05, 4.69) is 15.2 Å². The van der Waals surface area contributed by atoms with Crippen molar-refractivity contribution >= 4 is 40.5 Å². The van der Waals surface area contributed by atoms with E-state index >= 15 is 0 Å². The van der Waals surface area contributed by atoms with Crippen molar-refractivity contribution in [2.24, 2.45) is 5.41 Å². The third kappa shape index (κ3) is 5.44. The first-order chi connectivity index (χ1) is 10.9. The molecule has 0 amide bonds. The van der Waals surface area contributed by atoms with Crippen molar-refractivity contribution < 1.29 is 13.5 Å². The Morgan fingerprint density at radius 3 is 2.76 bits per heavy atom. The van der Waals surface area contributed by atoms with Gasteiger partial charge >= 0.3 is 0 Å². The van der Waals surface area contributed by atoms with Crippen LogP contribution in [0.15, 0.2) is 18.3 Å². The summed E-state index contributed by atoms with van der Waals surface area (Å²) in [5, 5.41) is 13.9. The SMILES string of the molecule is CS(=O)(=O)Cc1ccc(N2CCC[C@]3(CNCC[C@@H]3O)C2)nc1.Cl.Cl. The molecule has 0 aliphatic carbocycles. The first-order valence-corrected chi connectivity index (χ1v) is 10.2. The van der Waals surface area contributed by atoms with E-state index in [-0.39, 0.29) is 42.1 Å². The summed E-state index contributed by atoms with van der Waals surface area (Å²) in [6, 6.07) is 3.72. The molecule has 2 fully saturated rings. The molecule has 2 aliphatic rings. The van der Waals surface area contributed by atoms with Gasteiger partial charge in [-0.15, -0.1) is 24.8 Å². The lowest BCUT2D eigenvalue weighted by Gasteiger charge is -2.48. The minimum Gasteiger partial charge on any atom is -0.392 e. The molecular weight excluding hydrogens is 385 g/mol. The summed E-state index contributed by atoms with van der Waals surface area (Å²) in [7, 11) is -3.04. The minimum absolute atomic E-state index is 0. The van der Waals surface area contributed by atoms with Crippen LogP contribution in [0.1, 0.15) is 24.8 Å². The molecule has 1 aromatic rings. The smallest absolute Gasteiger partial charge is 0.151 e. The second-order valence-corrected chi connectivity index (χ2v) is 9.10. The van der Waals surface area contributed by atoms with E-state index in [0.717, 1.165) is 51.3 Å². The van der Waals surface area contributed by atoms with Crippen LogP contribution in [-0.2, 0) is 15.6 Å². The molecule has 6 nitrogen and oxygen atoms in total. The summed E-state index contributed by atoms with van der Waals surface area (Å²) < 4.78 is 22.7. The van der Waals surface area contributed by atoms with Crippen LogP contribution in [0, 0.1) is 5.41 Å². The Balaban J connectivity index is 0.00000156. The Bertz CT molecular complexity index is 653. The fourth-order valence-electron chi connectivity index (χ4n) is 3.76. The van der Waals surface area contributed by atoms with E-state index in [1.54, 1.807) is 6.20 Å². The number of halogens is 2. The molecule has 2 saturated heterocycles. The predicted molar refractivity (Wildman–Crippen MR) is 105 cm³/mol. The van der Waals surface area contributed by atoms with E-state index in [1.807, 2.05) is 12.1 Å². The summed E-state index contributed by atoms with van der Waals surface area (Å²) in [5.41, 5.74) is 0.617. The van der Waals surface area contributed by atoms with Crippen molar-refractivity contribution in [1.82, 2.24) is 10.3 Å². The normalized spacial score (nSPS) is 26.6. The molecule has 0 unspecified atom stereocenters. The van der Waals surface area contributed by atoms with Crippen molar-refractivity contribution in [3.8, 4) is 0 Å². The van der Waals surface area contributed by atoms with Crippen molar-refractivity contribution in [1.29, 1.82) is 0 Å². The first kappa shape index (κ1) is 22.4. The standard InChI is InChI=1S/C16H25N3O3S.2ClH/c1-23(21,22)10-13-3-4-15(18-9-13)19-8-2-6-16(12-19)11-17-7-5-14(16)20;;/h3-4,9,14,17,20H,2,5-8,10-12H2,1H3;2*1H/t14-,16-;;/m0../s1. The topological polar surface area (TPSA) is 82.5 Å². The molecule has 2 N–H and O–H groups in total. The maximum Gasteiger partial charge on any atom is 0.151 e. The Hall–Kier alpha value is -0.600. The molecule has 3 heterocycles. The average Bonchev–Trinajstić information content (AvgIpc) is 2.50. The molecule has 3 rings (SSSR count). The fourth-order valence-corrected chi connectivity index (χ4v) is 4.54. The molecule has 2 aliphatic heterocycles. The molecule has 1 spiro atoms. The zero-order valence-electron chi connectivity index (χ0n) is 14.3. The van der Waals surface area contributed by atoms with Crippen LogP contribution in [0.25, 0.3) is 0 Å². The number of rotatable bonds is 3. The summed E-state index contributed by atoms with van der Waals surface area (Å²) in [4.78, 5) is 6.66. The lowest BCUT2D eigenvalue weighted by molar-refractivity contribution is -0.0102. The van der Waals surface area contributed by atoms with Crippen molar-refractivity contribution in [2.75, 3.05) is 37.3 Å². The number of aliphatic hydroxyl groups excluding tert-OH is 1. The van der Waals surface area contributed by atoms with Gasteiger partial charge in [0.2, 0.25) is 0 Å².